The second-order valence-corrected chi connectivity index (χ2v) is 6.04. The highest BCUT2D eigenvalue weighted by Crippen LogP contribution is 2.27. The molecule has 0 bridgehead atoms. The van der Waals surface area contributed by atoms with Gasteiger partial charge in [-0.1, -0.05) is 30.5 Å². The average molecular weight is 289 g/mol. The van der Waals surface area contributed by atoms with Gasteiger partial charge in [-0.05, 0) is 44.7 Å². The number of carboxylic acids is 1. The predicted octanol–water partition coefficient (Wildman–Crippen LogP) is 3.08. The molecular weight excluding hydrogens is 266 g/mol. The second-order valence-electron chi connectivity index (χ2n) is 6.04. The maximum Gasteiger partial charge on any atom is 0.323 e. The highest BCUT2D eigenvalue weighted by Gasteiger charge is 2.30. The first-order valence-corrected chi connectivity index (χ1v) is 7.50. The van der Waals surface area contributed by atoms with Crippen molar-refractivity contribution >= 4 is 11.9 Å². The van der Waals surface area contributed by atoms with Crippen LogP contribution in [0.2, 0.25) is 0 Å². The number of rotatable bonds is 4. The zero-order valence-electron chi connectivity index (χ0n) is 13.0. The van der Waals surface area contributed by atoms with Gasteiger partial charge in [-0.15, -0.1) is 0 Å². The fourth-order valence-electron chi connectivity index (χ4n) is 3.39. The van der Waals surface area contributed by atoms with Crippen LogP contribution in [0.4, 0.5) is 0 Å². The van der Waals surface area contributed by atoms with Gasteiger partial charge in [0.25, 0.3) is 5.91 Å². The SMILES string of the molecule is Cc1cc(C)c(C(=O)N(CC(=O)O)C2CCCC2)c(C)c1. The van der Waals surface area contributed by atoms with Gasteiger partial charge in [0.2, 0.25) is 0 Å². The number of amides is 1. The standard InChI is InChI=1S/C17H23NO3/c1-11-8-12(2)16(13(3)9-11)17(21)18(10-15(19)20)14-6-4-5-7-14/h8-9,14H,4-7,10H2,1-3H3,(H,19,20). The largest absolute Gasteiger partial charge is 0.480 e. The fourth-order valence-corrected chi connectivity index (χ4v) is 3.39. The third kappa shape index (κ3) is 3.43. The summed E-state index contributed by atoms with van der Waals surface area (Å²) in [5.41, 5.74) is 3.62. The van der Waals surface area contributed by atoms with E-state index in [0.29, 0.717) is 5.56 Å². The Labute approximate surface area is 125 Å². The van der Waals surface area contributed by atoms with Crippen LogP contribution in [0.5, 0.6) is 0 Å². The summed E-state index contributed by atoms with van der Waals surface area (Å²) >= 11 is 0. The molecule has 1 fully saturated rings. The highest BCUT2D eigenvalue weighted by atomic mass is 16.4. The van der Waals surface area contributed by atoms with Crippen molar-refractivity contribution in [2.75, 3.05) is 6.54 Å². The van der Waals surface area contributed by atoms with Crippen LogP contribution in [0, 0.1) is 20.8 Å². The van der Waals surface area contributed by atoms with Crippen LogP contribution >= 0.6 is 0 Å². The summed E-state index contributed by atoms with van der Waals surface area (Å²) in [6.07, 6.45) is 3.95. The van der Waals surface area contributed by atoms with E-state index in [0.717, 1.165) is 42.4 Å². The van der Waals surface area contributed by atoms with Gasteiger partial charge in [0.15, 0.2) is 0 Å². The predicted molar refractivity (Wildman–Crippen MR) is 81.6 cm³/mol. The number of carbonyl (C=O) groups excluding carboxylic acids is 1. The van der Waals surface area contributed by atoms with E-state index in [1.165, 1.54) is 0 Å². The van der Waals surface area contributed by atoms with E-state index in [2.05, 4.69) is 0 Å². The summed E-state index contributed by atoms with van der Waals surface area (Å²) < 4.78 is 0. The molecule has 21 heavy (non-hydrogen) atoms. The lowest BCUT2D eigenvalue weighted by Crippen LogP contribution is -2.42. The van der Waals surface area contributed by atoms with Crippen LogP contribution in [-0.2, 0) is 4.79 Å². The first-order valence-electron chi connectivity index (χ1n) is 7.50. The van der Waals surface area contributed by atoms with E-state index in [-0.39, 0.29) is 18.5 Å². The Morgan fingerprint density at radius 2 is 1.67 bits per heavy atom. The van der Waals surface area contributed by atoms with Crippen molar-refractivity contribution in [3.05, 3.63) is 34.4 Å². The molecule has 1 aliphatic carbocycles. The van der Waals surface area contributed by atoms with Crippen LogP contribution in [0.25, 0.3) is 0 Å². The van der Waals surface area contributed by atoms with Crippen molar-refractivity contribution in [2.24, 2.45) is 0 Å². The molecule has 1 aliphatic rings. The summed E-state index contributed by atoms with van der Waals surface area (Å²) in [5, 5.41) is 9.13. The number of hydrogen-bond acceptors (Lipinski definition) is 2. The average Bonchev–Trinajstić information content (AvgIpc) is 2.87. The molecule has 4 nitrogen and oxygen atoms in total. The third-order valence-corrected chi connectivity index (χ3v) is 4.22. The van der Waals surface area contributed by atoms with Gasteiger partial charge in [0.05, 0.1) is 0 Å². The molecule has 0 atom stereocenters. The van der Waals surface area contributed by atoms with Crippen molar-refractivity contribution in [1.29, 1.82) is 0 Å². The molecule has 0 heterocycles. The van der Waals surface area contributed by atoms with Gasteiger partial charge in [-0.2, -0.15) is 0 Å². The molecule has 0 spiro atoms. The van der Waals surface area contributed by atoms with Crippen LogP contribution < -0.4 is 0 Å². The molecule has 0 unspecified atom stereocenters. The Bertz CT molecular complexity index is 536. The number of nitrogens with zero attached hydrogens (tertiary/aromatic N) is 1. The summed E-state index contributed by atoms with van der Waals surface area (Å²) in [7, 11) is 0. The summed E-state index contributed by atoms with van der Waals surface area (Å²) in [4.78, 5) is 25.6. The van der Waals surface area contributed by atoms with E-state index in [1.54, 1.807) is 4.90 Å². The molecule has 1 N–H and O–H groups in total. The number of carboxylic acid groups (broad SMARTS) is 1. The number of aryl methyl sites for hydroxylation is 3. The first kappa shape index (κ1) is 15.5. The summed E-state index contributed by atoms with van der Waals surface area (Å²) in [5.74, 6) is -1.09. The molecule has 114 valence electrons. The lowest BCUT2D eigenvalue weighted by atomic mass is 9.98. The van der Waals surface area contributed by atoms with Gasteiger partial charge in [-0.25, -0.2) is 0 Å². The van der Waals surface area contributed by atoms with E-state index in [4.69, 9.17) is 5.11 Å². The Kier molecular flexibility index (Phi) is 4.66. The van der Waals surface area contributed by atoms with E-state index in [9.17, 15) is 9.59 Å². The van der Waals surface area contributed by atoms with E-state index in [1.807, 2.05) is 32.9 Å². The number of benzene rings is 1. The van der Waals surface area contributed by atoms with Crippen LogP contribution in [0.15, 0.2) is 12.1 Å². The summed E-state index contributed by atoms with van der Waals surface area (Å²) in [6.45, 7) is 5.62. The molecule has 1 amide bonds. The molecule has 0 radical (unpaired) electrons. The number of hydrogen-bond donors (Lipinski definition) is 1. The van der Waals surface area contributed by atoms with Crippen molar-refractivity contribution in [1.82, 2.24) is 4.90 Å². The van der Waals surface area contributed by atoms with Crippen molar-refractivity contribution in [3.8, 4) is 0 Å². The van der Waals surface area contributed by atoms with Gasteiger partial charge in [0.1, 0.15) is 6.54 Å². The first-order chi connectivity index (χ1) is 9.90. The highest BCUT2D eigenvalue weighted by molar-refractivity contribution is 5.98. The maximum absolute atomic E-state index is 12.9. The van der Waals surface area contributed by atoms with Crippen LogP contribution in [-0.4, -0.2) is 34.5 Å². The van der Waals surface area contributed by atoms with Gasteiger partial charge < -0.3 is 10.0 Å². The second kappa shape index (κ2) is 6.29. The smallest absolute Gasteiger partial charge is 0.323 e. The monoisotopic (exact) mass is 289 g/mol. The molecule has 4 heteroatoms. The third-order valence-electron chi connectivity index (χ3n) is 4.22. The summed E-state index contributed by atoms with van der Waals surface area (Å²) in [6, 6.07) is 4.02. The van der Waals surface area contributed by atoms with Gasteiger partial charge >= 0.3 is 5.97 Å². The quantitative estimate of drug-likeness (QED) is 0.926. The zero-order chi connectivity index (χ0) is 15.6. The molecular formula is C17H23NO3. The Balaban J connectivity index is 2.35. The van der Waals surface area contributed by atoms with Crippen LogP contribution in [0.1, 0.15) is 52.7 Å². The topological polar surface area (TPSA) is 57.6 Å². The van der Waals surface area contributed by atoms with Gasteiger partial charge in [-0.3, -0.25) is 9.59 Å². The van der Waals surface area contributed by atoms with Crippen molar-refractivity contribution in [2.45, 2.75) is 52.5 Å². The van der Waals surface area contributed by atoms with E-state index >= 15 is 0 Å². The minimum absolute atomic E-state index is 0.0636. The fraction of sp³-hybridized carbons (Fsp3) is 0.529. The Morgan fingerprint density at radius 1 is 1.14 bits per heavy atom. The molecule has 1 saturated carbocycles. The van der Waals surface area contributed by atoms with Crippen molar-refractivity contribution < 1.29 is 14.7 Å². The molecule has 1 aromatic carbocycles. The molecule has 2 rings (SSSR count). The maximum atomic E-state index is 12.9. The van der Waals surface area contributed by atoms with Crippen molar-refractivity contribution in [3.63, 3.8) is 0 Å². The lowest BCUT2D eigenvalue weighted by Gasteiger charge is -2.28. The normalized spacial score (nSPS) is 15.2. The Morgan fingerprint density at radius 3 is 2.14 bits per heavy atom. The zero-order valence-corrected chi connectivity index (χ0v) is 13.0. The molecule has 1 aromatic rings. The minimum atomic E-state index is -0.947. The molecule has 0 aromatic heterocycles. The molecule has 0 saturated heterocycles. The molecule has 0 aliphatic heterocycles. The Hall–Kier alpha value is -1.84. The van der Waals surface area contributed by atoms with Gasteiger partial charge in [0, 0.05) is 11.6 Å². The number of aliphatic carboxylic acids is 1. The lowest BCUT2D eigenvalue weighted by molar-refractivity contribution is -0.138. The van der Waals surface area contributed by atoms with E-state index < -0.39 is 5.97 Å². The number of carbonyl (C=O) groups is 2. The minimum Gasteiger partial charge on any atom is -0.480 e. The van der Waals surface area contributed by atoms with Crippen LogP contribution in [0.3, 0.4) is 0 Å².